The number of rotatable bonds is 7. The molecule has 3 rings (SSSR count). The zero-order valence-corrected chi connectivity index (χ0v) is 18.1. The van der Waals surface area contributed by atoms with Crippen molar-refractivity contribution in [2.75, 3.05) is 16.2 Å². The summed E-state index contributed by atoms with van der Waals surface area (Å²) >= 11 is 3.11. The number of sulfonamides is 1. The molecule has 31 heavy (non-hydrogen) atoms. The van der Waals surface area contributed by atoms with Crippen molar-refractivity contribution in [1.29, 1.82) is 0 Å². The number of hydrogen-bond donors (Lipinski definition) is 1. The quantitative estimate of drug-likeness (QED) is 0.378. The molecule has 0 unspecified atom stereocenters. The third kappa shape index (κ3) is 5.25. The molecule has 3 aromatic rings. The molecule has 0 radical (unpaired) electrons. The molecule has 8 nitrogen and oxygen atoms in total. The van der Waals surface area contributed by atoms with Gasteiger partial charge >= 0.3 is 0 Å². The van der Waals surface area contributed by atoms with Crippen molar-refractivity contribution in [3.05, 3.63) is 93.2 Å². The van der Waals surface area contributed by atoms with Crippen LogP contribution in [0.4, 0.5) is 21.5 Å². The second kappa shape index (κ2) is 9.23. The van der Waals surface area contributed by atoms with Crippen molar-refractivity contribution in [2.45, 2.75) is 4.90 Å². The normalized spacial score (nSPS) is 11.0. The van der Waals surface area contributed by atoms with Gasteiger partial charge in [0.05, 0.1) is 21.2 Å². The van der Waals surface area contributed by atoms with Crippen LogP contribution in [-0.2, 0) is 14.8 Å². The molecule has 0 saturated heterocycles. The summed E-state index contributed by atoms with van der Waals surface area (Å²) in [7, 11) is -4.25. The van der Waals surface area contributed by atoms with Gasteiger partial charge in [-0.2, -0.15) is 0 Å². The minimum Gasteiger partial charge on any atom is -0.322 e. The Kier molecular flexibility index (Phi) is 6.66. The third-order valence-corrected chi connectivity index (χ3v) is 6.43. The SMILES string of the molecule is O=C(CN(c1cccc([N+](=O)[O-])c1)S(=O)(=O)c1ccccc1)Nc1ccc(Br)cc1F. The minimum atomic E-state index is -4.25. The van der Waals surface area contributed by atoms with Crippen LogP contribution >= 0.6 is 15.9 Å². The van der Waals surface area contributed by atoms with Gasteiger partial charge in [-0.05, 0) is 36.4 Å². The van der Waals surface area contributed by atoms with E-state index in [9.17, 15) is 27.7 Å². The van der Waals surface area contributed by atoms with Gasteiger partial charge in [0.25, 0.3) is 15.7 Å². The number of nitrogens with zero attached hydrogens (tertiary/aromatic N) is 2. The summed E-state index contributed by atoms with van der Waals surface area (Å²) in [5, 5.41) is 13.5. The Bertz CT molecular complexity index is 1240. The molecular formula is C20H15BrFN3O5S. The summed E-state index contributed by atoms with van der Waals surface area (Å²) in [4.78, 5) is 23.0. The molecule has 0 fully saturated rings. The van der Waals surface area contributed by atoms with E-state index < -0.39 is 33.2 Å². The van der Waals surface area contributed by atoms with Gasteiger partial charge in [0.15, 0.2) is 0 Å². The van der Waals surface area contributed by atoms with Crippen molar-refractivity contribution in [1.82, 2.24) is 0 Å². The Labute approximate surface area is 185 Å². The second-order valence-electron chi connectivity index (χ2n) is 6.27. The first-order valence-electron chi connectivity index (χ1n) is 8.75. The van der Waals surface area contributed by atoms with E-state index >= 15 is 0 Å². The van der Waals surface area contributed by atoms with Gasteiger partial charge in [0, 0.05) is 16.6 Å². The zero-order chi connectivity index (χ0) is 22.6. The van der Waals surface area contributed by atoms with E-state index in [2.05, 4.69) is 21.2 Å². The molecule has 0 aromatic heterocycles. The van der Waals surface area contributed by atoms with Crippen LogP contribution in [0.2, 0.25) is 0 Å². The molecule has 160 valence electrons. The van der Waals surface area contributed by atoms with Crippen molar-refractivity contribution >= 4 is 48.9 Å². The second-order valence-corrected chi connectivity index (χ2v) is 9.05. The van der Waals surface area contributed by atoms with Gasteiger partial charge in [-0.1, -0.05) is 40.2 Å². The van der Waals surface area contributed by atoms with Crippen molar-refractivity contribution in [3.8, 4) is 0 Å². The molecule has 1 amide bonds. The van der Waals surface area contributed by atoms with Crippen LogP contribution in [0.5, 0.6) is 0 Å². The Hall–Kier alpha value is -3.31. The first-order valence-corrected chi connectivity index (χ1v) is 11.0. The largest absolute Gasteiger partial charge is 0.322 e. The maximum Gasteiger partial charge on any atom is 0.271 e. The predicted octanol–water partition coefficient (Wildman–Crippen LogP) is 4.33. The highest BCUT2D eigenvalue weighted by Crippen LogP contribution is 2.27. The van der Waals surface area contributed by atoms with Crippen LogP contribution in [0.15, 0.2) is 82.2 Å². The Balaban J connectivity index is 1.99. The molecule has 0 aliphatic carbocycles. The lowest BCUT2D eigenvalue weighted by molar-refractivity contribution is -0.384. The number of halogens is 2. The molecule has 3 aromatic carbocycles. The first kappa shape index (κ1) is 22.4. The third-order valence-electron chi connectivity index (χ3n) is 4.15. The fourth-order valence-corrected chi connectivity index (χ4v) is 4.47. The molecule has 0 bridgehead atoms. The summed E-state index contributed by atoms with van der Waals surface area (Å²) in [6.07, 6.45) is 0. The fourth-order valence-electron chi connectivity index (χ4n) is 2.71. The molecule has 0 atom stereocenters. The van der Waals surface area contributed by atoms with Gasteiger partial charge in [-0.25, -0.2) is 12.8 Å². The number of hydrogen-bond acceptors (Lipinski definition) is 5. The Morgan fingerprint density at radius 3 is 2.42 bits per heavy atom. The van der Waals surface area contributed by atoms with Crippen LogP contribution in [0.3, 0.4) is 0 Å². The number of benzene rings is 3. The number of carbonyl (C=O) groups excluding carboxylic acids is 1. The highest BCUT2D eigenvalue weighted by Gasteiger charge is 2.28. The molecular weight excluding hydrogens is 493 g/mol. The molecule has 0 spiro atoms. The monoisotopic (exact) mass is 507 g/mol. The number of amides is 1. The smallest absolute Gasteiger partial charge is 0.271 e. The first-order chi connectivity index (χ1) is 14.7. The van der Waals surface area contributed by atoms with Gasteiger partial charge in [0.1, 0.15) is 12.4 Å². The van der Waals surface area contributed by atoms with E-state index in [-0.39, 0.29) is 22.0 Å². The number of nitro benzene ring substituents is 1. The topological polar surface area (TPSA) is 110 Å². The zero-order valence-electron chi connectivity index (χ0n) is 15.7. The van der Waals surface area contributed by atoms with Crippen LogP contribution in [0.25, 0.3) is 0 Å². The minimum absolute atomic E-state index is 0.0792. The van der Waals surface area contributed by atoms with E-state index in [0.717, 1.165) is 16.4 Å². The van der Waals surface area contributed by atoms with Gasteiger partial charge in [0.2, 0.25) is 5.91 Å². The molecule has 11 heteroatoms. The van der Waals surface area contributed by atoms with E-state index in [1.165, 1.54) is 54.6 Å². The Morgan fingerprint density at radius 1 is 1.06 bits per heavy atom. The van der Waals surface area contributed by atoms with E-state index in [1.54, 1.807) is 6.07 Å². The Morgan fingerprint density at radius 2 is 1.77 bits per heavy atom. The highest BCUT2D eigenvalue weighted by molar-refractivity contribution is 9.10. The number of non-ortho nitro benzene ring substituents is 1. The van der Waals surface area contributed by atoms with Crippen molar-refractivity contribution in [3.63, 3.8) is 0 Å². The van der Waals surface area contributed by atoms with Gasteiger partial charge in [-0.3, -0.25) is 19.2 Å². The van der Waals surface area contributed by atoms with E-state index in [1.807, 2.05) is 0 Å². The molecule has 1 N–H and O–H groups in total. The lowest BCUT2D eigenvalue weighted by atomic mass is 10.2. The van der Waals surface area contributed by atoms with Crippen LogP contribution < -0.4 is 9.62 Å². The van der Waals surface area contributed by atoms with E-state index in [4.69, 9.17) is 0 Å². The number of anilines is 2. The number of carbonyl (C=O) groups is 1. The van der Waals surface area contributed by atoms with Crippen molar-refractivity contribution in [2.24, 2.45) is 0 Å². The molecule has 0 aliphatic rings. The molecule has 0 aliphatic heterocycles. The number of nitrogens with one attached hydrogen (secondary N) is 1. The van der Waals surface area contributed by atoms with E-state index in [0.29, 0.717) is 4.47 Å². The summed E-state index contributed by atoms with van der Waals surface area (Å²) in [5.41, 5.74) is -0.557. The van der Waals surface area contributed by atoms with Gasteiger partial charge in [-0.15, -0.1) is 0 Å². The highest BCUT2D eigenvalue weighted by atomic mass is 79.9. The van der Waals surface area contributed by atoms with Gasteiger partial charge < -0.3 is 5.32 Å². The van der Waals surface area contributed by atoms with Crippen LogP contribution in [0, 0.1) is 15.9 Å². The summed E-state index contributed by atoms with van der Waals surface area (Å²) in [6, 6.07) is 16.2. The van der Waals surface area contributed by atoms with Crippen molar-refractivity contribution < 1.29 is 22.5 Å². The maximum absolute atomic E-state index is 14.1. The predicted molar refractivity (Wildman–Crippen MR) is 117 cm³/mol. The maximum atomic E-state index is 14.1. The average molecular weight is 508 g/mol. The standard InChI is InChI=1S/C20H15BrFN3O5S/c21-14-9-10-19(18(22)11-14)23-20(26)13-24(15-5-4-6-16(12-15)25(27)28)31(29,30)17-7-2-1-3-8-17/h1-12H,13H2,(H,23,26). The van der Waals surface area contributed by atoms with Crippen LogP contribution in [-0.4, -0.2) is 25.8 Å². The summed E-state index contributed by atoms with van der Waals surface area (Å²) in [6.45, 7) is -0.728. The average Bonchev–Trinajstić information content (AvgIpc) is 2.74. The fraction of sp³-hybridized carbons (Fsp3) is 0.0500. The van der Waals surface area contributed by atoms with Crippen LogP contribution in [0.1, 0.15) is 0 Å². The summed E-state index contributed by atoms with van der Waals surface area (Å²) < 4.78 is 41.7. The molecule has 0 saturated carbocycles. The number of nitro groups is 1. The summed E-state index contributed by atoms with van der Waals surface area (Å²) in [5.74, 6) is -1.54. The molecule has 0 heterocycles. The lowest BCUT2D eigenvalue weighted by Crippen LogP contribution is -2.38. The lowest BCUT2D eigenvalue weighted by Gasteiger charge is -2.24.